The van der Waals surface area contributed by atoms with Crippen molar-refractivity contribution in [3.8, 4) is 0 Å². The van der Waals surface area contributed by atoms with Gasteiger partial charge in [0.1, 0.15) is 11.5 Å². The maximum absolute atomic E-state index is 14.0. The van der Waals surface area contributed by atoms with E-state index in [0.717, 1.165) is 24.6 Å². The van der Waals surface area contributed by atoms with Crippen LogP contribution in [0, 0.1) is 5.82 Å². The summed E-state index contributed by atoms with van der Waals surface area (Å²) in [5.74, 6) is -2.10. The second-order valence-corrected chi connectivity index (χ2v) is 7.85. The molecule has 152 valence electrons. The standard InChI is InChI=1S/C17H17F4N3O3S/c1-10(12-4-5-14(13(18)7-12)24-28(2,26)27)16(25)23-9-11-3-6-15(22-8-11)17(19,20)21/h3-8,10,24H,9H2,1-2H3,(H,23,25). The van der Waals surface area contributed by atoms with Gasteiger partial charge in [-0.3, -0.25) is 14.5 Å². The van der Waals surface area contributed by atoms with Crippen LogP contribution in [0.2, 0.25) is 0 Å². The molecule has 1 amide bonds. The number of benzene rings is 1. The summed E-state index contributed by atoms with van der Waals surface area (Å²) in [5.41, 5.74) is -0.601. The lowest BCUT2D eigenvalue weighted by atomic mass is 9.99. The fourth-order valence-electron chi connectivity index (χ4n) is 2.27. The van der Waals surface area contributed by atoms with Crippen molar-refractivity contribution >= 4 is 21.6 Å². The average Bonchev–Trinajstić information content (AvgIpc) is 2.59. The Labute approximate surface area is 159 Å². The van der Waals surface area contributed by atoms with E-state index < -0.39 is 39.5 Å². The molecule has 0 radical (unpaired) electrons. The normalized spacial score (nSPS) is 13.1. The van der Waals surface area contributed by atoms with E-state index in [0.29, 0.717) is 11.1 Å². The molecular weight excluding hydrogens is 402 g/mol. The number of hydrogen-bond donors (Lipinski definition) is 2. The zero-order valence-corrected chi connectivity index (χ0v) is 15.7. The third-order valence-electron chi connectivity index (χ3n) is 3.76. The summed E-state index contributed by atoms with van der Waals surface area (Å²) >= 11 is 0. The van der Waals surface area contributed by atoms with E-state index >= 15 is 0 Å². The Morgan fingerprint density at radius 2 is 1.89 bits per heavy atom. The molecule has 0 spiro atoms. The third kappa shape index (κ3) is 5.91. The maximum Gasteiger partial charge on any atom is 0.433 e. The van der Waals surface area contributed by atoms with Crippen molar-refractivity contribution in [3.63, 3.8) is 0 Å². The van der Waals surface area contributed by atoms with Crippen LogP contribution in [-0.2, 0) is 27.5 Å². The van der Waals surface area contributed by atoms with Crippen LogP contribution < -0.4 is 10.0 Å². The molecule has 28 heavy (non-hydrogen) atoms. The number of nitrogens with one attached hydrogen (secondary N) is 2. The van der Waals surface area contributed by atoms with Gasteiger partial charge in [-0.15, -0.1) is 0 Å². The minimum Gasteiger partial charge on any atom is -0.351 e. The van der Waals surface area contributed by atoms with Crippen molar-refractivity contribution in [2.75, 3.05) is 11.0 Å². The van der Waals surface area contributed by atoms with Crippen molar-refractivity contribution in [1.29, 1.82) is 0 Å². The summed E-state index contributed by atoms with van der Waals surface area (Å²) in [6, 6.07) is 5.66. The monoisotopic (exact) mass is 419 g/mol. The number of halogens is 4. The number of rotatable bonds is 6. The van der Waals surface area contributed by atoms with Gasteiger partial charge in [-0.1, -0.05) is 12.1 Å². The zero-order valence-electron chi connectivity index (χ0n) is 14.8. The number of hydrogen-bond acceptors (Lipinski definition) is 4. The van der Waals surface area contributed by atoms with Gasteiger partial charge in [0, 0.05) is 12.7 Å². The minimum absolute atomic E-state index is 0.0511. The van der Waals surface area contributed by atoms with Gasteiger partial charge in [0.2, 0.25) is 15.9 Å². The largest absolute Gasteiger partial charge is 0.433 e. The highest BCUT2D eigenvalue weighted by Gasteiger charge is 2.32. The topological polar surface area (TPSA) is 88.2 Å². The van der Waals surface area contributed by atoms with Gasteiger partial charge < -0.3 is 5.32 Å². The highest BCUT2D eigenvalue weighted by atomic mass is 32.2. The fraction of sp³-hybridized carbons (Fsp3) is 0.294. The Hall–Kier alpha value is -2.69. The van der Waals surface area contributed by atoms with Crippen LogP contribution >= 0.6 is 0 Å². The third-order valence-corrected chi connectivity index (χ3v) is 4.35. The van der Waals surface area contributed by atoms with Gasteiger partial charge in [0.25, 0.3) is 0 Å². The number of carbonyl (C=O) groups excluding carboxylic acids is 1. The highest BCUT2D eigenvalue weighted by Crippen LogP contribution is 2.27. The molecular formula is C17H17F4N3O3S. The van der Waals surface area contributed by atoms with E-state index in [1.165, 1.54) is 25.1 Å². The number of anilines is 1. The SMILES string of the molecule is CC(C(=O)NCc1ccc(C(F)(F)F)nc1)c1ccc(NS(C)(=O)=O)c(F)c1. The smallest absolute Gasteiger partial charge is 0.351 e. The molecule has 1 heterocycles. The molecule has 1 aromatic carbocycles. The van der Waals surface area contributed by atoms with Crippen molar-refractivity contribution < 1.29 is 30.8 Å². The Morgan fingerprint density at radius 3 is 2.39 bits per heavy atom. The first-order valence-electron chi connectivity index (χ1n) is 7.94. The Balaban J connectivity index is 2.01. The molecule has 2 N–H and O–H groups in total. The lowest BCUT2D eigenvalue weighted by Gasteiger charge is -2.14. The van der Waals surface area contributed by atoms with E-state index in [1.54, 1.807) is 0 Å². The second-order valence-electron chi connectivity index (χ2n) is 6.10. The van der Waals surface area contributed by atoms with Crippen LogP contribution in [0.15, 0.2) is 36.5 Å². The first-order chi connectivity index (χ1) is 12.9. The van der Waals surface area contributed by atoms with Crippen molar-refractivity contribution in [2.24, 2.45) is 0 Å². The van der Waals surface area contributed by atoms with E-state index in [9.17, 15) is 30.8 Å². The van der Waals surface area contributed by atoms with Crippen LogP contribution in [0.25, 0.3) is 0 Å². The zero-order chi connectivity index (χ0) is 21.1. The minimum atomic E-state index is -4.54. The molecule has 0 bridgehead atoms. The average molecular weight is 419 g/mol. The van der Waals surface area contributed by atoms with Crippen LogP contribution in [0.5, 0.6) is 0 Å². The first kappa shape index (κ1) is 21.6. The molecule has 1 atom stereocenters. The van der Waals surface area contributed by atoms with E-state index in [-0.39, 0.29) is 12.2 Å². The number of nitrogens with zero attached hydrogens (tertiary/aromatic N) is 1. The maximum atomic E-state index is 14.0. The van der Waals surface area contributed by atoms with E-state index in [4.69, 9.17) is 0 Å². The Bertz CT molecular complexity index is 961. The van der Waals surface area contributed by atoms with Crippen LogP contribution in [-0.4, -0.2) is 25.6 Å². The van der Waals surface area contributed by atoms with E-state index in [2.05, 4.69) is 10.3 Å². The number of pyridine rings is 1. The predicted molar refractivity (Wildman–Crippen MR) is 94.4 cm³/mol. The van der Waals surface area contributed by atoms with Crippen LogP contribution in [0.4, 0.5) is 23.2 Å². The number of carbonyl (C=O) groups is 1. The van der Waals surface area contributed by atoms with Gasteiger partial charge >= 0.3 is 6.18 Å². The van der Waals surface area contributed by atoms with Crippen LogP contribution in [0.3, 0.4) is 0 Å². The van der Waals surface area contributed by atoms with Gasteiger partial charge in [-0.2, -0.15) is 13.2 Å². The number of amides is 1. The quantitative estimate of drug-likeness (QED) is 0.705. The number of alkyl halides is 3. The molecule has 2 rings (SSSR count). The molecule has 11 heteroatoms. The molecule has 0 saturated carbocycles. The first-order valence-corrected chi connectivity index (χ1v) is 9.83. The highest BCUT2D eigenvalue weighted by molar-refractivity contribution is 7.92. The molecule has 1 unspecified atom stereocenters. The van der Waals surface area contributed by atoms with E-state index in [1.807, 2.05) is 4.72 Å². The lowest BCUT2D eigenvalue weighted by molar-refractivity contribution is -0.141. The molecule has 1 aromatic heterocycles. The second kappa shape index (κ2) is 8.13. The van der Waals surface area contributed by atoms with Gasteiger partial charge in [-0.25, -0.2) is 12.8 Å². The molecule has 2 aromatic rings. The molecule has 6 nitrogen and oxygen atoms in total. The predicted octanol–water partition coefficient (Wildman–Crippen LogP) is 3.03. The lowest BCUT2D eigenvalue weighted by Crippen LogP contribution is -2.27. The summed E-state index contributed by atoms with van der Waals surface area (Å²) in [6.45, 7) is 1.46. The van der Waals surface area contributed by atoms with Gasteiger partial charge in [0.05, 0.1) is 17.9 Å². The molecule has 0 saturated heterocycles. The summed E-state index contributed by atoms with van der Waals surface area (Å²) in [4.78, 5) is 15.5. The summed E-state index contributed by atoms with van der Waals surface area (Å²) < 4.78 is 75.8. The summed E-state index contributed by atoms with van der Waals surface area (Å²) in [6.07, 6.45) is -2.65. The fourth-order valence-corrected chi connectivity index (χ4v) is 2.84. The molecule has 0 aliphatic rings. The van der Waals surface area contributed by atoms with Gasteiger partial charge in [-0.05, 0) is 36.2 Å². The van der Waals surface area contributed by atoms with Crippen molar-refractivity contribution in [1.82, 2.24) is 10.3 Å². The number of aromatic nitrogens is 1. The van der Waals surface area contributed by atoms with Crippen LogP contribution in [0.1, 0.15) is 29.7 Å². The summed E-state index contributed by atoms with van der Waals surface area (Å²) in [5, 5.41) is 2.53. The Kier molecular flexibility index (Phi) is 6.27. The molecule has 0 aliphatic heterocycles. The number of sulfonamides is 1. The molecule has 0 aliphatic carbocycles. The Morgan fingerprint density at radius 1 is 1.21 bits per heavy atom. The molecule has 0 fully saturated rings. The summed E-state index contributed by atoms with van der Waals surface area (Å²) in [7, 11) is -3.65. The van der Waals surface area contributed by atoms with Gasteiger partial charge in [0.15, 0.2) is 0 Å². The van der Waals surface area contributed by atoms with Crippen molar-refractivity contribution in [3.05, 3.63) is 59.2 Å². The van der Waals surface area contributed by atoms with Crippen molar-refractivity contribution in [2.45, 2.75) is 25.6 Å².